The van der Waals surface area contributed by atoms with Crippen LogP contribution in [0.5, 0.6) is 0 Å². The molecule has 0 saturated heterocycles. The maximum Gasteiger partial charge on any atom is 0.408 e. The predicted octanol–water partition coefficient (Wildman–Crippen LogP) is 3.38. The summed E-state index contributed by atoms with van der Waals surface area (Å²) >= 11 is 1.64. The summed E-state index contributed by atoms with van der Waals surface area (Å²) in [5.74, 6) is 1.17. The number of alkyl carbamates (subject to hydrolysis) is 1. The van der Waals surface area contributed by atoms with Crippen LogP contribution in [0.1, 0.15) is 52.8 Å². The van der Waals surface area contributed by atoms with Crippen LogP contribution >= 0.6 is 11.8 Å². The molecule has 0 radical (unpaired) electrons. The van der Waals surface area contributed by atoms with Crippen LogP contribution in [0, 0.1) is 5.92 Å². The lowest BCUT2D eigenvalue weighted by atomic mass is 10.1. The zero-order valence-electron chi connectivity index (χ0n) is 13.0. The van der Waals surface area contributed by atoms with Crippen molar-refractivity contribution in [2.75, 3.05) is 0 Å². The van der Waals surface area contributed by atoms with Crippen LogP contribution in [0.15, 0.2) is 9.64 Å². The van der Waals surface area contributed by atoms with E-state index in [-0.39, 0.29) is 6.54 Å². The number of ether oxygens (including phenoxy) is 1. The number of amides is 1. The van der Waals surface area contributed by atoms with Crippen molar-refractivity contribution >= 4 is 17.9 Å². The molecule has 1 N–H and O–H groups in total. The molecule has 1 aliphatic rings. The first-order valence-corrected chi connectivity index (χ1v) is 8.15. The van der Waals surface area contributed by atoms with Gasteiger partial charge in [0, 0.05) is 5.25 Å². The van der Waals surface area contributed by atoms with Crippen LogP contribution in [-0.2, 0) is 11.3 Å². The number of nitrogens with zero attached hydrogens (tertiary/aromatic N) is 2. The molecule has 1 heterocycles. The molecule has 0 spiro atoms. The van der Waals surface area contributed by atoms with Crippen molar-refractivity contribution in [2.45, 2.75) is 69.6 Å². The Labute approximate surface area is 129 Å². The van der Waals surface area contributed by atoms with E-state index in [1.165, 1.54) is 19.3 Å². The fraction of sp³-hybridized carbons (Fsp3) is 0.786. The van der Waals surface area contributed by atoms with Crippen molar-refractivity contribution in [3.63, 3.8) is 0 Å². The third-order valence-electron chi connectivity index (χ3n) is 3.15. The van der Waals surface area contributed by atoms with Gasteiger partial charge in [-0.2, -0.15) is 0 Å². The van der Waals surface area contributed by atoms with E-state index >= 15 is 0 Å². The standard InChI is InChI=1S/C14H23N3O3S/c1-9-5-6-10(7-9)21-13-17-16-11(19-13)8-15-12(18)20-14(2,3)4/h9-10H,5-8H2,1-4H3,(H,15,18). The molecule has 1 aromatic heterocycles. The van der Waals surface area contributed by atoms with E-state index in [0.29, 0.717) is 16.4 Å². The number of thioether (sulfide) groups is 1. The summed E-state index contributed by atoms with van der Waals surface area (Å²) in [7, 11) is 0. The Morgan fingerprint density at radius 1 is 1.43 bits per heavy atom. The van der Waals surface area contributed by atoms with Gasteiger partial charge in [-0.1, -0.05) is 18.7 Å². The van der Waals surface area contributed by atoms with Crippen LogP contribution in [0.3, 0.4) is 0 Å². The minimum Gasteiger partial charge on any atom is -0.444 e. The first kappa shape index (κ1) is 16.1. The Morgan fingerprint density at radius 2 is 2.19 bits per heavy atom. The third kappa shape index (κ3) is 5.57. The predicted molar refractivity (Wildman–Crippen MR) is 80.0 cm³/mol. The normalized spacial score (nSPS) is 22.3. The Morgan fingerprint density at radius 3 is 2.81 bits per heavy atom. The van der Waals surface area contributed by atoms with Gasteiger partial charge in [-0.25, -0.2) is 4.79 Å². The van der Waals surface area contributed by atoms with Gasteiger partial charge in [0.2, 0.25) is 5.89 Å². The third-order valence-corrected chi connectivity index (χ3v) is 4.27. The van der Waals surface area contributed by atoms with Crippen molar-refractivity contribution < 1.29 is 13.9 Å². The van der Waals surface area contributed by atoms with Crippen LogP contribution in [0.2, 0.25) is 0 Å². The summed E-state index contributed by atoms with van der Waals surface area (Å²) in [5.41, 5.74) is -0.515. The second-order valence-corrected chi connectivity index (χ2v) is 7.73. The van der Waals surface area contributed by atoms with Gasteiger partial charge in [0.1, 0.15) is 5.60 Å². The quantitative estimate of drug-likeness (QED) is 0.918. The first-order valence-electron chi connectivity index (χ1n) is 7.28. The fourth-order valence-electron chi connectivity index (χ4n) is 2.22. The van der Waals surface area contributed by atoms with Crippen molar-refractivity contribution in [3.8, 4) is 0 Å². The average molecular weight is 313 g/mol. The van der Waals surface area contributed by atoms with E-state index in [0.717, 1.165) is 5.92 Å². The molecule has 0 aliphatic heterocycles. The summed E-state index contributed by atoms with van der Waals surface area (Å²) in [4.78, 5) is 11.5. The molecule has 1 aromatic rings. The van der Waals surface area contributed by atoms with Crippen molar-refractivity contribution in [1.29, 1.82) is 0 Å². The van der Waals surface area contributed by atoms with Gasteiger partial charge >= 0.3 is 6.09 Å². The number of hydrogen-bond acceptors (Lipinski definition) is 6. The molecule has 7 heteroatoms. The highest BCUT2D eigenvalue weighted by Gasteiger charge is 2.24. The van der Waals surface area contributed by atoms with Gasteiger partial charge in [-0.3, -0.25) is 0 Å². The van der Waals surface area contributed by atoms with E-state index in [1.54, 1.807) is 11.8 Å². The van der Waals surface area contributed by atoms with E-state index in [4.69, 9.17) is 9.15 Å². The lowest BCUT2D eigenvalue weighted by molar-refractivity contribution is 0.0518. The monoisotopic (exact) mass is 313 g/mol. The molecule has 6 nitrogen and oxygen atoms in total. The molecule has 21 heavy (non-hydrogen) atoms. The summed E-state index contributed by atoms with van der Waals surface area (Å²) < 4.78 is 10.7. The molecule has 118 valence electrons. The minimum atomic E-state index is -0.515. The van der Waals surface area contributed by atoms with Gasteiger partial charge in [0.25, 0.3) is 5.22 Å². The van der Waals surface area contributed by atoms with Gasteiger partial charge in [-0.15, -0.1) is 10.2 Å². The van der Waals surface area contributed by atoms with Crippen molar-refractivity contribution in [1.82, 2.24) is 15.5 Å². The molecular formula is C14H23N3O3S. The molecule has 2 rings (SSSR count). The molecule has 2 unspecified atom stereocenters. The number of rotatable bonds is 4. The minimum absolute atomic E-state index is 0.184. The number of nitrogens with one attached hydrogen (secondary N) is 1. The van der Waals surface area contributed by atoms with E-state index < -0.39 is 11.7 Å². The number of hydrogen-bond donors (Lipinski definition) is 1. The average Bonchev–Trinajstić information content (AvgIpc) is 2.95. The Kier molecular flexibility index (Phi) is 5.13. The number of carbonyl (C=O) groups excluding carboxylic acids is 1. The van der Waals surface area contributed by atoms with E-state index in [2.05, 4.69) is 22.4 Å². The molecule has 0 aromatic carbocycles. The highest BCUT2D eigenvalue weighted by atomic mass is 32.2. The molecule has 1 fully saturated rings. The van der Waals surface area contributed by atoms with Gasteiger partial charge in [0.15, 0.2) is 0 Å². The fourth-order valence-corrected chi connectivity index (χ4v) is 3.42. The summed E-state index contributed by atoms with van der Waals surface area (Å²) in [6.07, 6.45) is 3.16. The largest absolute Gasteiger partial charge is 0.444 e. The molecule has 1 saturated carbocycles. The lowest BCUT2D eigenvalue weighted by Crippen LogP contribution is -2.32. The zero-order valence-corrected chi connectivity index (χ0v) is 13.8. The van der Waals surface area contributed by atoms with Crippen LogP contribution in [0.4, 0.5) is 4.79 Å². The number of aromatic nitrogens is 2. The van der Waals surface area contributed by atoms with Gasteiger partial charge in [0.05, 0.1) is 6.54 Å². The van der Waals surface area contributed by atoms with Gasteiger partial charge < -0.3 is 14.5 Å². The van der Waals surface area contributed by atoms with Crippen LogP contribution in [-0.4, -0.2) is 27.1 Å². The van der Waals surface area contributed by atoms with Crippen molar-refractivity contribution in [3.05, 3.63) is 5.89 Å². The summed E-state index contributed by atoms with van der Waals surface area (Å²) in [6.45, 7) is 7.90. The maximum atomic E-state index is 11.5. The molecule has 2 atom stereocenters. The molecule has 0 bridgehead atoms. The number of carbonyl (C=O) groups is 1. The smallest absolute Gasteiger partial charge is 0.408 e. The second-order valence-electron chi connectivity index (χ2n) is 6.48. The summed E-state index contributed by atoms with van der Waals surface area (Å²) in [6, 6.07) is 0. The molecule has 1 amide bonds. The molecule has 1 aliphatic carbocycles. The highest BCUT2D eigenvalue weighted by molar-refractivity contribution is 7.99. The summed E-state index contributed by atoms with van der Waals surface area (Å²) in [5, 5.41) is 11.7. The first-order chi connectivity index (χ1) is 9.82. The van der Waals surface area contributed by atoms with Crippen molar-refractivity contribution in [2.24, 2.45) is 5.92 Å². The van der Waals surface area contributed by atoms with E-state index in [1.807, 2.05) is 20.8 Å². The molecular weight excluding hydrogens is 290 g/mol. The van der Waals surface area contributed by atoms with Gasteiger partial charge in [-0.05, 0) is 46.0 Å². The Hall–Kier alpha value is -1.24. The zero-order chi connectivity index (χ0) is 15.5. The SMILES string of the molecule is CC1CCC(Sc2nnc(CNC(=O)OC(C)(C)C)o2)C1. The Balaban J connectivity index is 1.76. The second kappa shape index (κ2) is 6.68. The van der Waals surface area contributed by atoms with Crippen LogP contribution in [0.25, 0.3) is 0 Å². The highest BCUT2D eigenvalue weighted by Crippen LogP contribution is 2.36. The topological polar surface area (TPSA) is 77.2 Å². The maximum absolute atomic E-state index is 11.5. The van der Waals surface area contributed by atoms with E-state index in [9.17, 15) is 4.79 Å². The lowest BCUT2D eigenvalue weighted by Gasteiger charge is -2.19. The Bertz CT molecular complexity index is 484. The van der Waals surface area contributed by atoms with Crippen LogP contribution < -0.4 is 5.32 Å².